The molecular weight excluding hydrogens is 330 g/mol. The molecule has 120 valence electrons. The van der Waals surface area contributed by atoms with E-state index in [1.165, 1.54) is 0 Å². The molecule has 0 amide bonds. The third-order valence-electron chi connectivity index (χ3n) is 3.33. The van der Waals surface area contributed by atoms with E-state index in [1.807, 2.05) is 28.8 Å². The van der Waals surface area contributed by atoms with Crippen molar-refractivity contribution in [3.05, 3.63) is 41.2 Å². The van der Waals surface area contributed by atoms with E-state index in [2.05, 4.69) is 28.8 Å². The number of thioether (sulfide) groups is 1. The summed E-state index contributed by atoms with van der Waals surface area (Å²) in [5.74, 6) is 1.48. The lowest BCUT2D eigenvalue weighted by molar-refractivity contribution is 0.530. The molecule has 2 aromatic heterocycles. The summed E-state index contributed by atoms with van der Waals surface area (Å²) < 4.78 is 2.03. The van der Waals surface area contributed by atoms with Crippen LogP contribution in [-0.2, 0) is 12.3 Å². The summed E-state index contributed by atoms with van der Waals surface area (Å²) in [4.78, 5) is 13.2. The van der Waals surface area contributed by atoms with Gasteiger partial charge in [0.25, 0.3) is 0 Å². The number of hydrogen-bond acceptors (Lipinski definition) is 5. The highest BCUT2D eigenvalue weighted by molar-refractivity contribution is 7.98. The predicted octanol–water partition coefficient (Wildman–Crippen LogP) is 4.01. The minimum absolute atomic E-state index is 0.268. The van der Waals surface area contributed by atoms with E-state index in [0.717, 1.165) is 33.3 Å². The molecule has 2 N–H and O–H groups in total. The Hall–Kier alpha value is -1.79. The SMILES string of the molecule is CC(C)Cn1cnc2c(SCc3ccccc3Cl)nc(N)nc21. The standard InChI is InChI=1S/C16H18ClN5S/c1-10(2)7-22-9-19-13-14(22)20-16(18)21-15(13)23-8-11-5-3-4-6-12(11)17/h3-6,9-10H,7-8H2,1-2H3,(H2,18,20,21). The van der Waals surface area contributed by atoms with Crippen LogP contribution in [0.15, 0.2) is 35.6 Å². The number of hydrogen-bond donors (Lipinski definition) is 1. The van der Waals surface area contributed by atoms with E-state index >= 15 is 0 Å². The Balaban J connectivity index is 1.91. The van der Waals surface area contributed by atoms with Crippen molar-refractivity contribution in [2.45, 2.75) is 31.2 Å². The Morgan fingerprint density at radius 3 is 2.78 bits per heavy atom. The number of nitrogen functional groups attached to an aromatic ring is 1. The summed E-state index contributed by atoms with van der Waals surface area (Å²) in [6, 6.07) is 7.79. The van der Waals surface area contributed by atoms with Gasteiger partial charge in [-0.05, 0) is 17.5 Å². The van der Waals surface area contributed by atoms with Crippen molar-refractivity contribution in [1.82, 2.24) is 19.5 Å². The summed E-state index contributed by atoms with van der Waals surface area (Å²) in [6.07, 6.45) is 1.80. The molecule has 5 nitrogen and oxygen atoms in total. The van der Waals surface area contributed by atoms with Crippen LogP contribution in [0.4, 0.5) is 5.95 Å². The molecule has 0 unspecified atom stereocenters. The minimum atomic E-state index is 0.268. The normalized spacial score (nSPS) is 11.5. The fraction of sp³-hybridized carbons (Fsp3) is 0.312. The minimum Gasteiger partial charge on any atom is -0.368 e. The van der Waals surface area contributed by atoms with Crippen LogP contribution in [0.3, 0.4) is 0 Å². The summed E-state index contributed by atoms with van der Waals surface area (Å²) >= 11 is 7.78. The van der Waals surface area contributed by atoms with E-state index < -0.39 is 0 Å². The van der Waals surface area contributed by atoms with Crippen LogP contribution >= 0.6 is 23.4 Å². The van der Waals surface area contributed by atoms with Crippen molar-refractivity contribution in [1.29, 1.82) is 0 Å². The highest BCUT2D eigenvalue weighted by atomic mass is 35.5. The quantitative estimate of drug-likeness (QED) is 0.557. The van der Waals surface area contributed by atoms with Crippen molar-refractivity contribution >= 4 is 40.5 Å². The van der Waals surface area contributed by atoms with Gasteiger partial charge in [-0.2, -0.15) is 4.98 Å². The average Bonchev–Trinajstić information content (AvgIpc) is 2.88. The van der Waals surface area contributed by atoms with Gasteiger partial charge in [-0.3, -0.25) is 0 Å². The van der Waals surface area contributed by atoms with Crippen LogP contribution in [-0.4, -0.2) is 19.5 Å². The first-order valence-electron chi connectivity index (χ1n) is 7.39. The molecule has 3 aromatic rings. The van der Waals surface area contributed by atoms with E-state index in [4.69, 9.17) is 17.3 Å². The van der Waals surface area contributed by atoms with Crippen LogP contribution in [0.25, 0.3) is 11.2 Å². The highest BCUT2D eigenvalue weighted by Gasteiger charge is 2.14. The molecule has 0 fully saturated rings. The van der Waals surface area contributed by atoms with Crippen LogP contribution in [0, 0.1) is 5.92 Å². The van der Waals surface area contributed by atoms with Gasteiger partial charge in [-0.15, -0.1) is 0 Å². The van der Waals surface area contributed by atoms with E-state index in [0.29, 0.717) is 11.7 Å². The maximum Gasteiger partial charge on any atom is 0.223 e. The van der Waals surface area contributed by atoms with Crippen molar-refractivity contribution in [3.8, 4) is 0 Å². The van der Waals surface area contributed by atoms with Crippen LogP contribution in [0.1, 0.15) is 19.4 Å². The molecule has 0 spiro atoms. The molecule has 0 radical (unpaired) electrons. The van der Waals surface area contributed by atoms with Crippen molar-refractivity contribution in [2.75, 3.05) is 5.73 Å². The second-order valence-electron chi connectivity index (χ2n) is 5.73. The zero-order chi connectivity index (χ0) is 16.4. The Labute approximate surface area is 144 Å². The molecule has 23 heavy (non-hydrogen) atoms. The number of nitrogens with zero attached hydrogens (tertiary/aromatic N) is 4. The molecule has 3 rings (SSSR count). The maximum absolute atomic E-state index is 6.21. The first kappa shape index (κ1) is 16.1. The van der Waals surface area contributed by atoms with Gasteiger partial charge in [0.1, 0.15) is 10.5 Å². The first-order valence-corrected chi connectivity index (χ1v) is 8.75. The highest BCUT2D eigenvalue weighted by Crippen LogP contribution is 2.30. The second-order valence-corrected chi connectivity index (χ2v) is 7.10. The number of halogens is 1. The summed E-state index contributed by atoms with van der Waals surface area (Å²) in [5, 5.41) is 1.54. The molecule has 0 aliphatic rings. The molecule has 2 heterocycles. The lowest BCUT2D eigenvalue weighted by Gasteiger charge is -2.08. The Kier molecular flexibility index (Phi) is 4.73. The van der Waals surface area contributed by atoms with Crippen molar-refractivity contribution in [3.63, 3.8) is 0 Å². The number of anilines is 1. The Morgan fingerprint density at radius 1 is 1.26 bits per heavy atom. The number of fused-ring (bicyclic) bond motifs is 1. The largest absolute Gasteiger partial charge is 0.368 e. The molecule has 0 saturated carbocycles. The first-order chi connectivity index (χ1) is 11.0. The molecule has 1 aromatic carbocycles. The lowest BCUT2D eigenvalue weighted by atomic mass is 10.2. The second kappa shape index (κ2) is 6.76. The summed E-state index contributed by atoms with van der Waals surface area (Å²) in [6.45, 7) is 5.16. The summed E-state index contributed by atoms with van der Waals surface area (Å²) in [7, 11) is 0. The Morgan fingerprint density at radius 2 is 2.04 bits per heavy atom. The van der Waals surface area contributed by atoms with Gasteiger partial charge in [0.15, 0.2) is 5.65 Å². The number of rotatable bonds is 5. The van der Waals surface area contributed by atoms with Crippen LogP contribution in [0.2, 0.25) is 5.02 Å². The van der Waals surface area contributed by atoms with Crippen molar-refractivity contribution < 1.29 is 0 Å². The van der Waals surface area contributed by atoms with Gasteiger partial charge < -0.3 is 10.3 Å². The molecule has 0 aliphatic carbocycles. The third kappa shape index (κ3) is 3.59. The van der Waals surface area contributed by atoms with Crippen molar-refractivity contribution in [2.24, 2.45) is 5.92 Å². The number of nitrogens with two attached hydrogens (primary N) is 1. The third-order valence-corrected chi connectivity index (χ3v) is 4.72. The van der Waals surface area contributed by atoms with Gasteiger partial charge in [0, 0.05) is 17.3 Å². The fourth-order valence-electron chi connectivity index (χ4n) is 2.32. The molecular formula is C16H18ClN5S. The Bertz CT molecular complexity index is 830. The average molecular weight is 348 g/mol. The molecule has 0 atom stereocenters. The predicted molar refractivity (Wildman–Crippen MR) is 95.6 cm³/mol. The fourth-order valence-corrected chi connectivity index (χ4v) is 3.59. The zero-order valence-corrected chi connectivity index (χ0v) is 14.6. The molecule has 0 aliphatic heterocycles. The van der Waals surface area contributed by atoms with Crippen LogP contribution < -0.4 is 5.73 Å². The zero-order valence-electron chi connectivity index (χ0n) is 13.0. The van der Waals surface area contributed by atoms with Gasteiger partial charge in [0.05, 0.1) is 6.33 Å². The smallest absolute Gasteiger partial charge is 0.223 e. The molecule has 7 heteroatoms. The van der Waals surface area contributed by atoms with Gasteiger partial charge in [-0.1, -0.05) is 55.4 Å². The number of benzene rings is 1. The summed E-state index contributed by atoms with van der Waals surface area (Å²) in [5.41, 5.74) is 8.51. The number of aromatic nitrogens is 4. The van der Waals surface area contributed by atoms with E-state index in [-0.39, 0.29) is 5.95 Å². The topological polar surface area (TPSA) is 69.6 Å². The van der Waals surface area contributed by atoms with Gasteiger partial charge in [-0.25, -0.2) is 9.97 Å². The monoisotopic (exact) mass is 347 g/mol. The van der Waals surface area contributed by atoms with Gasteiger partial charge in [0.2, 0.25) is 5.95 Å². The lowest BCUT2D eigenvalue weighted by Crippen LogP contribution is -2.05. The molecule has 0 saturated heterocycles. The maximum atomic E-state index is 6.21. The van der Waals surface area contributed by atoms with E-state index in [9.17, 15) is 0 Å². The van der Waals surface area contributed by atoms with Crippen LogP contribution in [0.5, 0.6) is 0 Å². The van der Waals surface area contributed by atoms with E-state index in [1.54, 1.807) is 18.1 Å². The molecule has 0 bridgehead atoms. The van der Waals surface area contributed by atoms with Gasteiger partial charge >= 0.3 is 0 Å². The number of imidazole rings is 1.